The zero-order chi connectivity index (χ0) is 23.3. The van der Waals surface area contributed by atoms with Crippen molar-refractivity contribution in [2.24, 2.45) is 0 Å². The number of benzene rings is 1. The van der Waals surface area contributed by atoms with Crippen molar-refractivity contribution in [1.82, 2.24) is 20.0 Å². The second-order valence-electron chi connectivity index (χ2n) is 8.20. The van der Waals surface area contributed by atoms with E-state index in [1.165, 1.54) is 0 Å². The summed E-state index contributed by atoms with van der Waals surface area (Å²) in [7, 11) is 0. The molecule has 10 heteroatoms. The first-order valence-corrected chi connectivity index (χ1v) is 10.9. The fourth-order valence-corrected chi connectivity index (χ4v) is 3.37. The van der Waals surface area contributed by atoms with E-state index in [1.807, 2.05) is 34.9 Å². The lowest BCUT2D eigenvalue weighted by Gasteiger charge is -2.14. The standard InChI is InChI=1S/C23H28N4O6/c1-16(29)21-24-9-10-27(21)14-18-13-20(33-26-18)17-3-5-19(6-4-17)31-11-2-12-32-22(30)25-23(15-28)7-8-23/h3-6,9-10,13,16,28-29H,2,7-8,11-12,14-15H2,1H3,(H,25,30)/t16-/m0/s1. The zero-order valence-corrected chi connectivity index (χ0v) is 18.4. The Balaban J connectivity index is 1.21. The van der Waals surface area contributed by atoms with E-state index in [9.17, 15) is 15.0 Å². The van der Waals surface area contributed by atoms with E-state index in [2.05, 4.69) is 15.5 Å². The first-order chi connectivity index (χ1) is 16.0. The molecule has 1 fully saturated rings. The van der Waals surface area contributed by atoms with Gasteiger partial charge in [0.05, 0.1) is 31.9 Å². The number of nitrogens with zero attached hydrogens (tertiary/aromatic N) is 3. The Morgan fingerprint density at radius 3 is 2.79 bits per heavy atom. The second kappa shape index (κ2) is 10.1. The Hall–Kier alpha value is -3.37. The van der Waals surface area contributed by atoms with Crippen molar-refractivity contribution in [1.29, 1.82) is 0 Å². The van der Waals surface area contributed by atoms with Crippen LogP contribution in [0.5, 0.6) is 5.75 Å². The van der Waals surface area contributed by atoms with Crippen LogP contribution in [0.15, 0.2) is 47.2 Å². The van der Waals surface area contributed by atoms with Gasteiger partial charge >= 0.3 is 6.09 Å². The molecule has 2 heterocycles. The van der Waals surface area contributed by atoms with Crippen LogP contribution in [0.3, 0.4) is 0 Å². The number of nitrogens with one attached hydrogen (secondary N) is 1. The van der Waals surface area contributed by atoms with Crippen LogP contribution in [0.2, 0.25) is 0 Å². The molecule has 0 unspecified atom stereocenters. The van der Waals surface area contributed by atoms with Gasteiger partial charge in [-0.2, -0.15) is 0 Å². The van der Waals surface area contributed by atoms with Gasteiger partial charge in [0, 0.05) is 30.4 Å². The average molecular weight is 456 g/mol. The Morgan fingerprint density at radius 1 is 1.30 bits per heavy atom. The molecule has 10 nitrogen and oxygen atoms in total. The molecule has 4 rings (SSSR count). The maximum atomic E-state index is 11.7. The number of imidazole rings is 1. The fourth-order valence-electron chi connectivity index (χ4n) is 3.37. The molecule has 176 valence electrons. The summed E-state index contributed by atoms with van der Waals surface area (Å²) in [5.41, 5.74) is 1.11. The normalized spacial score (nSPS) is 15.1. The van der Waals surface area contributed by atoms with E-state index < -0.39 is 17.7 Å². The third kappa shape index (κ3) is 5.91. The van der Waals surface area contributed by atoms with Crippen molar-refractivity contribution >= 4 is 6.09 Å². The highest BCUT2D eigenvalue weighted by atomic mass is 16.6. The number of carbonyl (C=O) groups excluding carboxylic acids is 1. The second-order valence-corrected chi connectivity index (χ2v) is 8.20. The summed E-state index contributed by atoms with van der Waals surface area (Å²) in [4.78, 5) is 15.8. The van der Waals surface area contributed by atoms with Gasteiger partial charge in [-0.15, -0.1) is 0 Å². The molecule has 1 aliphatic carbocycles. The number of hydrogen-bond acceptors (Lipinski definition) is 8. The van der Waals surface area contributed by atoms with Crippen LogP contribution in [0.25, 0.3) is 11.3 Å². The van der Waals surface area contributed by atoms with Gasteiger partial charge in [0.15, 0.2) is 5.76 Å². The largest absolute Gasteiger partial charge is 0.493 e. The molecule has 1 atom stereocenters. The zero-order valence-electron chi connectivity index (χ0n) is 18.4. The van der Waals surface area contributed by atoms with Crippen molar-refractivity contribution in [2.75, 3.05) is 19.8 Å². The third-order valence-electron chi connectivity index (χ3n) is 5.47. The molecule has 0 saturated heterocycles. The summed E-state index contributed by atoms with van der Waals surface area (Å²) in [6.07, 6.45) is 4.37. The average Bonchev–Trinajstić information content (AvgIpc) is 3.19. The van der Waals surface area contributed by atoms with Gasteiger partial charge in [0.2, 0.25) is 0 Å². The lowest BCUT2D eigenvalue weighted by molar-refractivity contribution is 0.125. The number of aliphatic hydroxyl groups is 2. The van der Waals surface area contributed by atoms with Gasteiger partial charge in [-0.3, -0.25) is 0 Å². The molecule has 0 radical (unpaired) electrons. The highest BCUT2D eigenvalue weighted by molar-refractivity contribution is 5.69. The van der Waals surface area contributed by atoms with Crippen molar-refractivity contribution < 1.29 is 29.0 Å². The number of rotatable bonds is 11. The number of aromatic nitrogens is 3. The lowest BCUT2D eigenvalue weighted by Crippen LogP contribution is -2.40. The fraction of sp³-hybridized carbons (Fsp3) is 0.435. The Bertz CT molecular complexity index is 1060. The summed E-state index contributed by atoms with van der Waals surface area (Å²) >= 11 is 0. The van der Waals surface area contributed by atoms with Crippen LogP contribution in [0, 0.1) is 0 Å². The van der Waals surface area contributed by atoms with Crippen LogP contribution in [-0.4, -0.2) is 56.4 Å². The molecule has 3 aromatic rings. The molecule has 1 aliphatic rings. The van der Waals surface area contributed by atoms with Crippen LogP contribution in [-0.2, 0) is 11.3 Å². The molecule has 2 aromatic heterocycles. The number of alkyl carbamates (subject to hydrolysis) is 1. The quantitative estimate of drug-likeness (QED) is 0.375. The van der Waals surface area contributed by atoms with Crippen LogP contribution >= 0.6 is 0 Å². The number of amides is 1. The number of carbonyl (C=O) groups is 1. The monoisotopic (exact) mass is 456 g/mol. The minimum absolute atomic E-state index is 0.0644. The first-order valence-electron chi connectivity index (χ1n) is 10.9. The lowest BCUT2D eigenvalue weighted by atomic mass is 10.1. The molecular weight excluding hydrogens is 428 g/mol. The molecule has 1 saturated carbocycles. The molecular formula is C23H28N4O6. The summed E-state index contributed by atoms with van der Waals surface area (Å²) in [5, 5.41) is 25.8. The third-order valence-corrected chi connectivity index (χ3v) is 5.47. The molecule has 0 spiro atoms. The predicted molar refractivity (Wildman–Crippen MR) is 118 cm³/mol. The molecule has 1 amide bonds. The van der Waals surface area contributed by atoms with Crippen LogP contribution in [0.1, 0.15) is 43.8 Å². The van der Waals surface area contributed by atoms with Gasteiger partial charge in [-0.05, 0) is 44.0 Å². The van der Waals surface area contributed by atoms with Crippen molar-refractivity contribution in [3.8, 4) is 17.1 Å². The summed E-state index contributed by atoms with van der Waals surface area (Å²) < 4.78 is 18.1. The number of hydrogen-bond donors (Lipinski definition) is 3. The molecule has 0 bridgehead atoms. The van der Waals surface area contributed by atoms with E-state index in [0.29, 0.717) is 36.9 Å². The highest BCUT2D eigenvalue weighted by Gasteiger charge is 2.43. The Morgan fingerprint density at radius 2 is 2.09 bits per heavy atom. The molecule has 1 aromatic carbocycles. The Labute approximate surface area is 191 Å². The van der Waals surface area contributed by atoms with Gasteiger partial charge in [-0.25, -0.2) is 9.78 Å². The van der Waals surface area contributed by atoms with Gasteiger partial charge < -0.3 is 34.1 Å². The van der Waals surface area contributed by atoms with Crippen molar-refractivity contribution in [3.05, 3.63) is 54.2 Å². The summed E-state index contributed by atoms with van der Waals surface area (Å²) in [5.74, 6) is 1.90. The topological polar surface area (TPSA) is 132 Å². The predicted octanol–water partition coefficient (Wildman–Crippen LogP) is 2.66. The van der Waals surface area contributed by atoms with Crippen molar-refractivity contribution in [3.63, 3.8) is 0 Å². The van der Waals surface area contributed by atoms with Crippen molar-refractivity contribution in [2.45, 2.75) is 44.4 Å². The minimum atomic E-state index is -0.663. The van der Waals surface area contributed by atoms with E-state index in [4.69, 9.17) is 14.0 Å². The maximum absolute atomic E-state index is 11.7. The molecule has 3 N–H and O–H groups in total. The van der Waals surface area contributed by atoms with Gasteiger partial charge in [0.25, 0.3) is 0 Å². The van der Waals surface area contributed by atoms with Gasteiger partial charge in [-0.1, -0.05) is 5.16 Å². The van der Waals surface area contributed by atoms with E-state index in [-0.39, 0.29) is 13.2 Å². The maximum Gasteiger partial charge on any atom is 0.407 e. The minimum Gasteiger partial charge on any atom is -0.493 e. The van der Waals surface area contributed by atoms with Crippen LogP contribution < -0.4 is 10.1 Å². The highest BCUT2D eigenvalue weighted by Crippen LogP contribution is 2.34. The van der Waals surface area contributed by atoms with E-state index in [0.717, 1.165) is 24.1 Å². The molecule has 33 heavy (non-hydrogen) atoms. The SMILES string of the molecule is C[C@H](O)c1nccn1Cc1cc(-c2ccc(OCCCOC(=O)NC3(CO)CC3)cc2)on1. The van der Waals surface area contributed by atoms with E-state index >= 15 is 0 Å². The molecule has 0 aliphatic heterocycles. The van der Waals surface area contributed by atoms with Gasteiger partial charge in [0.1, 0.15) is 23.4 Å². The smallest absolute Gasteiger partial charge is 0.407 e. The van der Waals surface area contributed by atoms with Crippen LogP contribution in [0.4, 0.5) is 4.79 Å². The Kier molecular flexibility index (Phi) is 6.95. The number of aliphatic hydroxyl groups excluding tert-OH is 2. The first kappa shape index (κ1) is 22.8. The number of ether oxygens (including phenoxy) is 2. The summed E-state index contributed by atoms with van der Waals surface area (Å²) in [6, 6.07) is 9.29. The summed E-state index contributed by atoms with van der Waals surface area (Å²) in [6.45, 7) is 2.69. The van der Waals surface area contributed by atoms with E-state index in [1.54, 1.807) is 19.3 Å².